The van der Waals surface area contributed by atoms with Crippen LogP contribution in [-0.4, -0.2) is 17.7 Å². The molecule has 1 aromatic rings. The molecule has 146 valence electrons. The van der Waals surface area contributed by atoms with Crippen molar-refractivity contribution >= 4 is 5.97 Å². The lowest BCUT2D eigenvalue weighted by atomic mass is 9.64. The summed E-state index contributed by atoms with van der Waals surface area (Å²) in [7, 11) is 0. The second-order valence-electron chi connectivity index (χ2n) is 9.61. The van der Waals surface area contributed by atoms with Gasteiger partial charge in [-0.25, -0.2) is 9.18 Å². The highest BCUT2D eigenvalue weighted by Gasteiger charge is 2.56. The van der Waals surface area contributed by atoms with E-state index < -0.39 is 11.6 Å². The first-order valence-electron chi connectivity index (χ1n) is 10.4. The molecule has 3 aliphatic carbocycles. The Labute approximate surface area is 162 Å². The van der Waals surface area contributed by atoms with E-state index >= 15 is 4.39 Å². The van der Waals surface area contributed by atoms with Crippen molar-refractivity contribution < 1.29 is 13.9 Å². The zero-order chi connectivity index (χ0) is 19.2. The third-order valence-corrected chi connectivity index (χ3v) is 7.42. The number of carbonyl (C=O) groups is 1. The van der Waals surface area contributed by atoms with Gasteiger partial charge in [-0.3, -0.25) is 0 Å². The quantitative estimate of drug-likeness (QED) is 0.508. The van der Waals surface area contributed by atoms with Crippen molar-refractivity contribution in [1.29, 1.82) is 0 Å². The van der Waals surface area contributed by atoms with Crippen molar-refractivity contribution in [3.8, 4) is 0 Å². The Balaban J connectivity index is 1.55. The maximum Gasteiger partial charge on any atom is 0.344 e. The van der Waals surface area contributed by atoms with Gasteiger partial charge in [0.15, 0.2) is 0 Å². The molecule has 0 aromatic heterocycles. The van der Waals surface area contributed by atoms with E-state index in [0.717, 1.165) is 25.7 Å². The number of alkyl halides is 1. The third kappa shape index (κ3) is 3.23. The molecule has 0 spiro atoms. The molecule has 4 rings (SSSR count). The lowest BCUT2D eigenvalue weighted by Crippen LogP contribution is -2.47. The Bertz CT molecular complexity index is 725. The number of carbonyl (C=O) groups excluding carboxylic acids is 1. The van der Waals surface area contributed by atoms with Crippen molar-refractivity contribution in [2.45, 2.75) is 70.1 Å². The van der Waals surface area contributed by atoms with Crippen molar-refractivity contribution in [3.05, 3.63) is 48.0 Å². The summed E-state index contributed by atoms with van der Waals surface area (Å²) in [5.41, 5.74) is -0.685. The van der Waals surface area contributed by atoms with Crippen LogP contribution in [0.4, 0.5) is 4.39 Å². The molecule has 0 N–H and O–H groups in total. The van der Waals surface area contributed by atoms with Gasteiger partial charge in [-0.05, 0) is 48.5 Å². The van der Waals surface area contributed by atoms with Crippen LogP contribution in [0.3, 0.4) is 0 Å². The van der Waals surface area contributed by atoms with Crippen LogP contribution in [0.5, 0.6) is 0 Å². The van der Waals surface area contributed by atoms with Crippen LogP contribution in [0.2, 0.25) is 0 Å². The van der Waals surface area contributed by atoms with Gasteiger partial charge in [-0.2, -0.15) is 0 Å². The Kier molecular flexibility index (Phi) is 4.68. The van der Waals surface area contributed by atoms with Crippen LogP contribution < -0.4 is 0 Å². The van der Waals surface area contributed by atoms with E-state index in [-0.39, 0.29) is 29.3 Å². The summed E-state index contributed by atoms with van der Waals surface area (Å²) in [5, 5.41) is 0. The summed E-state index contributed by atoms with van der Waals surface area (Å²) in [4.78, 5) is 12.9. The average Bonchev–Trinajstić information content (AvgIpc) is 3.23. The number of esters is 1. The summed E-state index contributed by atoms with van der Waals surface area (Å²) in [6.07, 6.45) is 7.73. The molecule has 2 fully saturated rings. The van der Waals surface area contributed by atoms with Gasteiger partial charge in [0, 0.05) is 11.8 Å². The molecule has 0 amide bonds. The largest absolute Gasteiger partial charge is 0.460 e. The van der Waals surface area contributed by atoms with Crippen molar-refractivity contribution in [2.24, 2.45) is 23.7 Å². The van der Waals surface area contributed by atoms with Crippen LogP contribution >= 0.6 is 0 Å². The van der Waals surface area contributed by atoms with E-state index in [9.17, 15) is 4.79 Å². The minimum absolute atomic E-state index is 0.121. The molecule has 0 saturated heterocycles. The maximum absolute atomic E-state index is 15.5. The van der Waals surface area contributed by atoms with E-state index in [1.165, 1.54) is 5.56 Å². The molecule has 2 nitrogen and oxygen atoms in total. The SMILES string of the molecule is C[C@@H]1CC[C@@H](C(C)(C)c2ccccc2)C(OC(=O)[C@]2(F)C[C@H]3C=C[C@@H]2C3)C1. The zero-order valence-electron chi connectivity index (χ0n) is 16.7. The molecule has 3 aliphatic rings. The Morgan fingerprint density at radius 3 is 2.52 bits per heavy atom. The van der Waals surface area contributed by atoms with Gasteiger partial charge in [0.2, 0.25) is 5.67 Å². The molecule has 0 radical (unpaired) electrons. The molecule has 2 bridgehead atoms. The van der Waals surface area contributed by atoms with Gasteiger partial charge in [0.1, 0.15) is 6.10 Å². The molecule has 0 aliphatic heterocycles. The first kappa shape index (κ1) is 18.7. The number of ether oxygens (including phenoxy) is 1. The molecular formula is C24H31FO2. The molecule has 2 saturated carbocycles. The van der Waals surface area contributed by atoms with Crippen LogP contribution in [0.1, 0.15) is 58.4 Å². The fourth-order valence-electron chi connectivity index (χ4n) is 5.63. The fraction of sp³-hybridized carbons (Fsp3) is 0.625. The maximum atomic E-state index is 15.5. The molecular weight excluding hydrogens is 339 g/mol. The predicted molar refractivity (Wildman–Crippen MR) is 105 cm³/mol. The fourth-order valence-corrected chi connectivity index (χ4v) is 5.63. The van der Waals surface area contributed by atoms with Crippen LogP contribution in [0.25, 0.3) is 0 Å². The van der Waals surface area contributed by atoms with E-state index in [0.29, 0.717) is 12.3 Å². The molecule has 0 heterocycles. The Morgan fingerprint density at radius 1 is 1.15 bits per heavy atom. The van der Waals surface area contributed by atoms with Gasteiger partial charge >= 0.3 is 5.97 Å². The second-order valence-corrected chi connectivity index (χ2v) is 9.61. The number of allylic oxidation sites excluding steroid dienone is 2. The molecule has 27 heavy (non-hydrogen) atoms. The van der Waals surface area contributed by atoms with E-state index in [1.807, 2.05) is 12.1 Å². The van der Waals surface area contributed by atoms with Crippen molar-refractivity contribution in [3.63, 3.8) is 0 Å². The number of halogens is 1. The van der Waals surface area contributed by atoms with Crippen LogP contribution in [0.15, 0.2) is 42.5 Å². The van der Waals surface area contributed by atoms with Gasteiger partial charge in [-0.1, -0.05) is 69.7 Å². The minimum atomic E-state index is -1.82. The number of benzene rings is 1. The van der Waals surface area contributed by atoms with Crippen LogP contribution in [-0.2, 0) is 14.9 Å². The van der Waals surface area contributed by atoms with Gasteiger partial charge < -0.3 is 4.74 Å². The topological polar surface area (TPSA) is 26.3 Å². The lowest BCUT2D eigenvalue weighted by Gasteiger charge is -2.44. The highest BCUT2D eigenvalue weighted by Crippen LogP contribution is 2.50. The number of fused-ring (bicyclic) bond motifs is 2. The first-order valence-corrected chi connectivity index (χ1v) is 10.4. The lowest BCUT2D eigenvalue weighted by molar-refractivity contribution is -0.172. The molecule has 1 aromatic carbocycles. The predicted octanol–water partition coefficient (Wildman–Crippen LogP) is 5.62. The summed E-state index contributed by atoms with van der Waals surface area (Å²) in [6, 6.07) is 10.4. The number of hydrogen-bond donors (Lipinski definition) is 0. The Morgan fingerprint density at radius 2 is 1.89 bits per heavy atom. The number of hydrogen-bond acceptors (Lipinski definition) is 2. The number of rotatable bonds is 4. The van der Waals surface area contributed by atoms with Crippen molar-refractivity contribution in [2.75, 3.05) is 0 Å². The molecule has 3 heteroatoms. The summed E-state index contributed by atoms with van der Waals surface area (Å²) >= 11 is 0. The summed E-state index contributed by atoms with van der Waals surface area (Å²) < 4.78 is 21.4. The summed E-state index contributed by atoms with van der Waals surface area (Å²) in [6.45, 7) is 6.67. The summed E-state index contributed by atoms with van der Waals surface area (Å²) in [5.74, 6) is -0.00260. The monoisotopic (exact) mass is 370 g/mol. The smallest absolute Gasteiger partial charge is 0.344 e. The first-order chi connectivity index (χ1) is 12.8. The van der Waals surface area contributed by atoms with E-state index in [2.05, 4.69) is 51.1 Å². The van der Waals surface area contributed by atoms with E-state index in [1.54, 1.807) is 0 Å². The normalized spacial score (nSPS) is 38.1. The molecule has 1 unspecified atom stereocenters. The van der Waals surface area contributed by atoms with Crippen molar-refractivity contribution in [1.82, 2.24) is 0 Å². The minimum Gasteiger partial charge on any atom is -0.460 e. The second kappa shape index (κ2) is 6.76. The van der Waals surface area contributed by atoms with E-state index in [4.69, 9.17) is 4.74 Å². The standard InChI is InChI=1S/C24H31FO2/c1-16-9-12-20(23(2,3)18-7-5-4-6-8-18)21(13-16)27-22(26)24(25)15-17-10-11-19(24)14-17/h4-8,10-11,16-17,19-21H,9,12-15H2,1-3H3/t16-,17+,19-,20-,21?,24+/m1/s1. The van der Waals surface area contributed by atoms with Crippen LogP contribution in [0, 0.1) is 23.7 Å². The highest BCUT2D eigenvalue weighted by atomic mass is 19.1. The zero-order valence-corrected chi connectivity index (χ0v) is 16.7. The van der Waals surface area contributed by atoms with Gasteiger partial charge in [0.05, 0.1) is 0 Å². The Hall–Kier alpha value is -1.64. The molecule has 6 atom stereocenters. The highest BCUT2D eigenvalue weighted by molar-refractivity contribution is 5.81. The average molecular weight is 371 g/mol. The van der Waals surface area contributed by atoms with Gasteiger partial charge in [0.25, 0.3) is 0 Å². The van der Waals surface area contributed by atoms with Gasteiger partial charge in [-0.15, -0.1) is 0 Å². The third-order valence-electron chi connectivity index (χ3n) is 7.42.